The highest BCUT2D eigenvalue weighted by Crippen LogP contribution is 2.38. The van der Waals surface area contributed by atoms with Gasteiger partial charge in [0.05, 0.1) is 25.9 Å². The largest absolute Gasteiger partial charge is 0.468 e. The molecule has 0 aromatic heterocycles. The molecular weight excluding hydrogens is 777 g/mol. The first kappa shape index (κ1) is 49.2. The van der Waals surface area contributed by atoms with Crippen molar-refractivity contribution in [2.24, 2.45) is 11.8 Å². The number of hydrogen-bond donors (Lipinski definition) is 0. The molecule has 3 rings (SSSR count). The number of esters is 2. The summed E-state index contributed by atoms with van der Waals surface area (Å²) in [6.45, 7) is 20.8. The van der Waals surface area contributed by atoms with Gasteiger partial charge in [-0.05, 0) is 53.2 Å². The molecule has 0 fully saturated rings. The molecule has 11 heteroatoms. The van der Waals surface area contributed by atoms with Gasteiger partial charge in [0.2, 0.25) is 0 Å². The van der Waals surface area contributed by atoms with Crippen molar-refractivity contribution in [3.8, 4) is 11.8 Å². The van der Waals surface area contributed by atoms with E-state index in [2.05, 4.69) is 83.1 Å². The van der Waals surface area contributed by atoms with Gasteiger partial charge >= 0.3 is 11.9 Å². The van der Waals surface area contributed by atoms with Crippen molar-refractivity contribution in [3.63, 3.8) is 0 Å². The highest BCUT2D eigenvalue weighted by Gasteiger charge is 2.52. The Kier molecular flexibility index (Phi) is 19.7. The van der Waals surface area contributed by atoms with Crippen molar-refractivity contribution < 1.29 is 42.5 Å². The molecule has 0 radical (unpaired) electrons. The lowest BCUT2D eigenvalue weighted by atomic mass is 9.86. The number of ether oxygens (including phenoxy) is 5. The summed E-state index contributed by atoms with van der Waals surface area (Å²) in [5, 5.41) is 0.751. The van der Waals surface area contributed by atoms with Crippen molar-refractivity contribution in [2.45, 2.75) is 89.7 Å². The van der Waals surface area contributed by atoms with Crippen LogP contribution in [0.4, 0.5) is 0 Å². The van der Waals surface area contributed by atoms with Crippen molar-refractivity contribution in [1.82, 2.24) is 0 Å². The highest BCUT2D eigenvalue weighted by atomic mass is 28.4. The first-order valence-corrected chi connectivity index (χ1v) is 25.9. The first-order valence-electron chi connectivity index (χ1n) is 20.5. The van der Waals surface area contributed by atoms with Gasteiger partial charge in [0, 0.05) is 39.6 Å². The number of Topliss-reactive ketones (excluding diaryl/α,β-unsaturated/α-hetero) is 1. The lowest BCUT2D eigenvalue weighted by Crippen LogP contribution is -2.67. The molecule has 0 aliphatic rings. The lowest BCUT2D eigenvalue weighted by molar-refractivity contribution is -0.149. The Labute approximate surface area is 355 Å². The van der Waals surface area contributed by atoms with E-state index in [1.807, 2.05) is 49.4 Å². The summed E-state index contributed by atoms with van der Waals surface area (Å²) in [6.07, 6.45) is 1.63. The number of ketones is 1. The molecule has 0 aliphatic carbocycles. The molecule has 59 heavy (non-hydrogen) atoms. The molecule has 0 bridgehead atoms. The van der Waals surface area contributed by atoms with E-state index in [1.54, 1.807) is 31.4 Å². The average molecular weight is 843 g/mol. The van der Waals surface area contributed by atoms with Crippen LogP contribution in [0, 0.1) is 23.7 Å². The van der Waals surface area contributed by atoms with Crippen molar-refractivity contribution in [3.05, 3.63) is 109 Å². The Morgan fingerprint density at radius 2 is 1.34 bits per heavy atom. The summed E-state index contributed by atoms with van der Waals surface area (Å²) in [5.74, 6) is 3.84. The van der Waals surface area contributed by atoms with E-state index in [0.717, 1.165) is 15.9 Å². The Balaban J connectivity index is 1.98. The monoisotopic (exact) mass is 842 g/mol. The smallest absolute Gasteiger partial charge is 0.339 e. The van der Waals surface area contributed by atoms with E-state index in [9.17, 15) is 14.4 Å². The Bertz CT molecular complexity index is 1790. The van der Waals surface area contributed by atoms with Gasteiger partial charge in [-0.25, -0.2) is 4.79 Å². The fourth-order valence-electron chi connectivity index (χ4n) is 7.18. The molecular formula is C48H66O9Si2. The zero-order chi connectivity index (χ0) is 43.5. The van der Waals surface area contributed by atoms with Crippen LogP contribution in [-0.4, -0.2) is 86.8 Å². The lowest BCUT2D eigenvalue weighted by Gasteiger charge is -2.44. The van der Waals surface area contributed by atoms with Crippen LogP contribution in [-0.2, 0) is 37.7 Å². The maximum absolute atomic E-state index is 13.9. The number of methoxy groups -OCH3 is 2. The van der Waals surface area contributed by atoms with Crippen LogP contribution >= 0.6 is 0 Å². The Hall–Kier alpha value is -4.16. The molecule has 0 heterocycles. The number of carbonyl (C=O) groups excluding carboxylic acids is 3. The van der Waals surface area contributed by atoms with E-state index in [4.69, 9.17) is 28.1 Å². The summed E-state index contributed by atoms with van der Waals surface area (Å²) in [4.78, 5) is 41.0. The Morgan fingerprint density at radius 1 is 0.780 bits per heavy atom. The van der Waals surface area contributed by atoms with Gasteiger partial charge < -0.3 is 28.1 Å². The van der Waals surface area contributed by atoms with E-state index in [0.29, 0.717) is 38.2 Å². The van der Waals surface area contributed by atoms with Gasteiger partial charge in [-0.3, -0.25) is 9.59 Å². The summed E-state index contributed by atoms with van der Waals surface area (Å²) in [6, 6.07) is 29.6. The van der Waals surface area contributed by atoms with Crippen LogP contribution in [0.15, 0.2) is 103 Å². The topological polar surface area (TPSA) is 107 Å². The van der Waals surface area contributed by atoms with Gasteiger partial charge in [-0.2, -0.15) is 0 Å². The second-order valence-corrected chi connectivity index (χ2v) is 26.6. The third-order valence-electron chi connectivity index (χ3n) is 10.7. The van der Waals surface area contributed by atoms with E-state index >= 15 is 0 Å². The number of carbonyl (C=O) groups is 3. The maximum Gasteiger partial charge on any atom is 0.339 e. The number of allylic oxidation sites excluding steroid dienone is 1. The quantitative estimate of drug-likeness (QED) is 0.0168. The standard InChI is InChI=1S/C48H66O9Si2/c1-38(2)40(24-21-32-54-37-55-35-34-52-6)36-44(49)43(46(51)53-7)29-20-30-48(58(8,9)10,57-45(50)39-22-14-11-15-23-39)31-33-56-59(47(3,4)5,41-25-16-12-17-26-41)42-27-18-13-19-28-42/h11-19,22-23,25-28,40,43H,1,21,24,29,31-37H2,2-10H3. The third kappa shape index (κ3) is 14.0. The molecule has 9 nitrogen and oxygen atoms in total. The fourth-order valence-corrected chi connectivity index (χ4v) is 13.5. The number of rotatable bonds is 24. The summed E-state index contributed by atoms with van der Waals surface area (Å²) >= 11 is 0. The Morgan fingerprint density at radius 3 is 1.85 bits per heavy atom. The van der Waals surface area contributed by atoms with E-state index < -0.39 is 39.5 Å². The van der Waals surface area contributed by atoms with Crippen LogP contribution in [0.5, 0.6) is 0 Å². The zero-order valence-corrected chi connectivity index (χ0v) is 38.8. The summed E-state index contributed by atoms with van der Waals surface area (Å²) in [5.41, 5.74) is 1.25. The molecule has 3 atom stereocenters. The molecule has 0 N–H and O–H groups in total. The van der Waals surface area contributed by atoms with Gasteiger partial charge in [-0.1, -0.05) is 143 Å². The second kappa shape index (κ2) is 23.6. The molecule has 320 valence electrons. The van der Waals surface area contributed by atoms with Crippen LogP contribution in [0.1, 0.15) is 70.2 Å². The van der Waals surface area contributed by atoms with Crippen LogP contribution in [0.3, 0.4) is 0 Å². The second-order valence-electron chi connectivity index (χ2n) is 17.0. The molecule has 0 saturated carbocycles. The third-order valence-corrected chi connectivity index (χ3v) is 18.7. The van der Waals surface area contributed by atoms with Crippen LogP contribution in [0.2, 0.25) is 24.7 Å². The van der Waals surface area contributed by atoms with E-state index in [1.165, 1.54) is 7.11 Å². The predicted molar refractivity (Wildman–Crippen MR) is 240 cm³/mol. The fraction of sp³-hybridized carbons (Fsp3) is 0.479. The summed E-state index contributed by atoms with van der Waals surface area (Å²) in [7, 11) is -2.63. The van der Waals surface area contributed by atoms with Crippen LogP contribution in [0.25, 0.3) is 0 Å². The molecule has 0 saturated heterocycles. The minimum Gasteiger partial charge on any atom is -0.468 e. The van der Waals surface area contributed by atoms with Crippen LogP contribution < -0.4 is 10.4 Å². The predicted octanol–water partition coefficient (Wildman–Crippen LogP) is 8.18. The minimum atomic E-state index is -2.95. The van der Waals surface area contributed by atoms with Gasteiger partial charge in [0.15, 0.2) is 5.22 Å². The maximum atomic E-state index is 13.9. The highest BCUT2D eigenvalue weighted by molar-refractivity contribution is 6.99. The SMILES string of the molecule is C=C(C)C(CCCOCOCCOC)CC(=O)C(CC#CC(CCO[Si](c1ccccc1)(c1ccccc1)C(C)(C)C)(OC(=O)c1ccccc1)[Si](C)(C)C)C(=O)OC. The molecule has 0 aliphatic heterocycles. The first-order chi connectivity index (χ1) is 28.0. The molecule has 3 unspecified atom stereocenters. The molecule has 0 amide bonds. The number of benzene rings is 3. The van der Waals surface area contributed by atoms with Crippen molar-refractivity contribution in [1.29, 1.82) is 0 Å². The van der Waals surface area contributed by atoms with Crippen molar-refractivity contribution >= 4 is 44.5 Å². The normalized spacial score (nSPS) is 13.9. The minimum absolute atomic E-state index is 0.0962. The van der Waals surface area contributed by atoms with Gasteiger partial charge in [0.1, 0.15) is 26.6 Å². The molecule has 0 spiro atoms. The zero-order valence-electron chi connectivity index (χ0n) is 36.8. The number of hydrogen-bond acceptors (Lipinski definition) is 9. The summed E-state index contributed by atoms with van der Waals surface area (Å²) < 4.78 is 34.9. The van der Waals surface area contributed by atoms with Crippen molar-refractivity contribution in [2.75, 3.05) is 47.4 Å². The molecule has 3 aromatic carbocycles. The van der Waals surface area contributed by atoms with Gasteiger partial charge in [0.25, 0.3) is 8.32 Å². The molecule has 3 aromatic rings. The van der Waals surface area contributed by atoms with E-state index in [-0.39, 0.29) is 49.4 Å². The van der Waals surface area contributed by atoms with Gasteiger partial charge in [-0.15, -0.1) is 0 Å². The average Bonchev–Trinajstić information content (AvgIpc) is 3.21.